The van der Waals surface area contributed by atoms with Crippen LogP contribution in [0, 0.1) is 5.82 Å². The fourth-order valence-electron chi connectivity index (χ4n) is 1.80. The van der Waals surface area contributed by atoms with Gasteiger partial charge in [-0.2, -0.15) is 0 Å². The third kappa shape index (κ3) is 3.93. The number of benzene rings is 2. The molecule has 0 fully saturated rings. The van der Waals surface area contributed by atoms with Crippen LogP contribution in [0.25, 0.3) is 0 Å². The highest BCUT2D eigenvalue weighted by Crippen LogP contribution is 2.25. The van der Waals surface area contributed by atoms with E-state index >= 15 is 0 Å². The molecule has 0 radical (unpaired) electrons. The van der Waals surface area contributed by atoms with Crippen LogP contribution in [0.3, 0.4) is 0 Å². The van der Waals surface area contributed by atoms with Crippen molar-refractivity contribution in [2.45, 2.75) is 11.4 Å². The van der Waals surface area contributed by atoms with E-state index in [0.29, 0.717) is 6.54 Å². The zero-order chi connectivity index (χ0) is 15.5. The molecule has 2 aromatic carbocycles. The highest BCUT2D eigenvalue weighted by Gasteiger charge is 2.18. The molecule has 0 aliphatic carbocycles. The summed E-state index contributed by atoms with van der Waals surface area (Å²) in [4.78, 5) is -0.0127. The molecule has 2 rings (SSSR count). The fraction of sp³-hybridized carbons (Fsp3) is 0.143. The Hall–Kier alpha value is -1.63. The summed E-state index contributed by atoms with van der Waals surface area (Å²) >= 11 is 5.97. The molecule has 2 aromatic rings. The predicted molar refractivity (Wildman–Crippen MR) is 81.4 cm³/mol. The summed E-state index contributed by atoms with van der Waals surface area (Å²) < 4.78 is 39.9. The van der Waals surface area contributed by atoms with E-state index in [4.69, 9.17) is 11.6 Å². The molecule has 0 aliphatic heterocycles. The van der Waals surface area contributed by atoms with Crippen LogP contribution in [-0.2, 0) is 16.6 Å². The quantitative estimate of drug-likeness (QED) is 0.887. The van der Waals surface area contributed by atoms with Crippen molar-refractivity contribution in [1.29, 1.82) is 0 Å². The van der Waals surface area contributed by atoms with Gasteiger partial charge in [-0.15, -0.1) is 0 Å². The summed E-state index contributed by atoms with van der Waals surface area (Å²) in [6, 6.07) is 9.83. The second-order valence-corrected chi connectivity index (χ2v) is 6.47. The van der Waals surface area contributed by atoms with Crippen molar-refractivity contribution in [3.8, 4) is 0 Å². The molecular weight excluding hydrogens is 315 g/mol. The topological polar surface area (TPSA) is 58.2 Å². The highest BCUT2D eigenvalue weighted by atomic mass is 35.5. The van der Waals surface area contributed by atoms with Gasteiger partial charge < -0.3 is 5.32 Å². The van der Waals surface area contributed by atoms with Gasteiger partial charge >= 0.3 is 0 Å². The Kier molecular flexibility index (Phi) is 4.82. The molecule has 0 amide bonds. The predicted octanol–water partition coefficient (Wildman–Crippen LogP) is 3.00. The monoisotopic (exact) mass is 328 g/mol. The Balaban J connectivity index is 2.34. The number of halogens is 2. The van der Waals surface area contributed by atoms with Gasteiger partial charge in [0.1, 0.15) is 10.7 Å². The Bertz CT molecular complexity index is 733. The number of nitrogens with one attached hydrogen (secondary N) is 2. The number of rotatable bonds is 5. The molecule has 0 saturated carbocycles. The maximum absolute atomic E-state index is 12.8. The third-order valence-corrected chi connectivity index (χ3v) is 4.63. The van der Waals surface area contributed by atoms with Crippen LogP contribution < -0.4 is 10.0 Å². The second-order valence-electron chi connectivity index (χ2n) is 4.41. The average molecular weight is 329 g/mol. The van der Waals surface area contributed by atoms with Gasteiger partial charge in [0.15, 0.2) is 0 Å². The van der Waals surface area contributed by atoms with E-state index in [1.807, 2.05) is 0 Å². The minimum absolute atomic E-state index is 0.0127. The van der Waals surface area contributed by atoms with Crippen LogP contribution >= 0.6 is 11.6 Å². The van der Waals surface area contributed by atoms with Crippen LogP contribution in [0.5, 0.6) is 0 Å². The van der Waals surface area contributed by atoms with Crippen molar-refractivity contribution < 1.29 is 12.8 Å². The lowest BCUT2D eigenvalue weighted by atomic mass is 10.2. The largest absolute Gasteiger partial charge is 0.316 e. The highest BCUT2D eigenvalue weighted by molar-refractivity contribution is 7.92. The Labute approximate surface area is 128 Å². The Morgan fingerprint density at radius 1 is 1.14 bits per heavy atom. The van der Waals surface area contributed by atoms with Gasteiger partial charge in [0, 0.05) is 12.2 Å². The molecule has 0 aromatic heterocycles. The lowest BCUT2D eigenvalue weighted by molar-refractivity contribution is 0.600. The van der Waals surface area contributed by atoms with Crippen molar-refractivity contribution in [2.24, 2.45) is 0 Å². The molecule has 0 aliphatic rings. The molecule has 2 N–H and O–H groups in total. The zero-order valence-electron chi connectivity index (χ0n) is 11.2. The Morgan fingerprint density at radius 3 is 2.43 bits per heavy atom. The fourth-order valence-corrected chi connectivity index (χ4v) is 3.41. The molecule has 0 atom stereocenters. The van der Waals surface area contributed by atoms with Gasteiger partial charge in [-0.3, -0.25) is 4.72 Å². The van der Waals surface area contributed by atoms with Crippen molar-refractivity contribution in [3.05, 3.63) is 58.9 Å². The van der Waals surface area contributed by atoms with E-state index < -0.39 is 15.8 Å². The summed E-state index contributed by atoms with van der Waals surface area (Å²) in [5, 5.41) is 3.07. The van der Waals surface area contributed by atoms with E-state index in [1.165, 1.54) is 36.4 Å². The second kappa shape index (κ2) is 6.43. The van der Waals surface area contributed by atoms with E-state index in [1.54, 1.807) is 13.1 Å². The Morgan fingerprint density at radius 2 is 1.81 bits per heavy atom. The van der Waals surface area contributed by atoms with Crippen molar-refractivity contribution in [2.75, 3.05) is 11.8 Å². The summed E-state index contributed by atoms with van der Waals surface area (Å²) in [6.07, 6.45) is 0. The molecule has 0 heterocycles. The van der Waals surface area contributed by atoms with E-state index in [9.17, 15) is 12.8 Å². The first-order valence-corrected chi connectivity index (χ1v) is 8.00. The third-order valence-electron chi connectivity index (χ3n) is 2.76. The van der Waals surface area contributed by atoms with E-state index in [0.717, 1.165) is 5.56 Å². The summed E-state index contributed by atoms with van der Waals surface area (Å²) in [6.45, 7) is 0.524. The van der Waals surface area contributed by atoms with Gasteiger partial charge in [0.05, 0.1) is 5.02 Å². The standard InChI is InChI=1S/C14H14ClFN2O2S/c1-17-9-10-2-7-13(15)14(8-10)21(19,20)18-12-5-3-11(16)4-6-12/h2-8,17-18H,9H2,1H3. The number of hydrogen-bond acceptors (Lipinski definition) is 3. The minimum Gasteiger partial charge on any atom is -0.316 e. The molecule has 112 valence electrons. The molecule has 4 nitrogen and oxygen atoms in total. The average Bonchev–Trinajstić information content (AvgIpc) is 2.43. The van der Waals surface area contributed by atoms with Gasteiger partial charge in [0.2, 0.25) is 0 Å². The van der Waals surface area contributed by atoms with Crippen LogP contribution in [0.1, 0.15) is 5.56 Å². The molecule has 0 unspecified atom stereocenters. The molecule has 7 heteroatoms. The van der Waals surface area contributed by atoms with Crippen molar-refractivity contribution >= 4 is 27.3 Å². The molecule has 0 saturated heterocycles. The molecule has 0 spiro atoms. The normalized spacial score (nSPS) is 11.4. The van der Waals surface area contributed by atoms with E-state index in [-0.39, 0.29) is 15.6 Å². The summed E-state index contributed by atoms with van der Waals surface area (Å²) in [5.74, 6) is -0.438. The maximum Gasteiger partial charge on any atom is 0.263 e. The minimum atomic E-state index is -3.83. The number of hydrogen-bond donors (Lipinski definition) is 2. The first-order chi connectivity index (χ1) is 9.92. The summed E-state index contributed by atoms with van der Waals surface area (Å²) in [5.41, 5.74) is 1.06. The van der Waals surface area contributed by atoms with Crippen molar-refractivity contribution in [1.82, 2.24) is 5.32 Å². The molecule has 0 bridgehead atoms. The van der Waals surface area contributed by atoms with Crippen LogP contribution in [0.4, 0.5) is 10.1 Å². The van der Waals surface area contributed by atoms with Gasteiger partial charge in [0.25, 0.3) is 10.0 Å². The SMILES string of the molecule is CNCc1ccc(Cl)c(S(=O)(=O)Nc2ccc(F)cc2)c1. The van der Waals surface area contributed by atoms with Crippen LogP contribution in [0.2, 0.25) is 5.02 Å². The summed E-state index contributed by atoms with van der Waals surface area (Å²) in [7, 11) is -2.07. The molecular formula is C14H14ClFN2O2S. The maximum atomic E-state index is 12.8. The lowest BCUT2D eigenvalue weighted by Gasteiger charge is -2.11. The lowest BCUT2D eigenvalue weighted by Crippen LogP contribution is -2.14. The first kappa shape index (κ1) is 15.8. The number of anilines is 1. The first-order valence-electron chi connectivity index (χ1n) is 6.14. The number of sulfonamides is 1. The molecule has 21 heavy (non-hydrogen) atoms. The van der Waals surface area contributed by atoms with Crippen molar-refractivity contribution in [3.63, 3.8) is 0 Å². The van der Waals surface area contributed by atoms with Crippen LogP contribution in [0.15, 0.2) is 47.4 Å². The van der Waals surface area contributed by atoms with Crippen LogP contribution in [-0.4, -0.2) is 15.5 Å². The smallest absolute Gasteiger partial charge is 0.263 e. The van der Waals surface area contributed by atoms with Gasteiger partial charge in [-0.1, -0.05) is 17.7 Å². The van der Waals surface area contributed by atoms with Gasteiger partial charge in [-0.25, -0.2) is 12.8 Å². The zero-order valence-corrected chi connectivity index (χ0v) is 12.8. The van der Waals surface area contributed by atoms with E-state index in [2.05, 4.69) is 10.0 Å². The van der Waals surface area contributed by atoms with Gasteiger partial charge in [-0.05, 0) is 49.0 Å².